The van der Waals surface area contributed by atoms with Crippen molar-refractivity contribution in [3.8, 4) is 0 Å². The van der Waals surface area contributed by atoms with Crippen LogP contribution >= 0.6 is 0 Å². The highest BCUT2D eigenvalue weighted by Crippen LogP contribution is 2.25. The molecule has 0 aliphatic heterocycles. The fourth-order valence-corrected chi connectivity index (χ4v) is 2.03. The summed E-state index contributed by atoms with van der Waals surface area (Å²) < 4.78 is 41.6. The molecule has 2 N–H and O–H groups in total. The Morgan fingerprint density at radius 3 is 2.33 bits per heavy atom. The fraction of sp³-hybridized carbons (Fsp3) is 0.500. The van der Waals surface area contributed by atoms with Crippen LogP contribution in [-0.4, -0.2) is 44.3 Å². The van der Waals surface area contributed by atoms with Gasteiger partial charge in [-0.2, -0.15) is 13.2 Å². The quantitative estimate of drug-likeness (QED) is 0.816. The van der Waals surface area contributed by atoms with E-state index in [4.69, 9.17) is 10.5 Å². The Labute approximate surface area is 121 Å². The third-order valence-corrected chi connectivity index (χ3v) is 3.18. The smallest absolute Gasteiger partial charge is 0.401 e. The van der Waals surface area contributed by atoms with Crippen molar-refractivity contribution in [3.05, 3.63) is 35.9 Å². The number of benzene rings is 1. The molecule has 0 bridgehead atoms. The molecule has 4 nitrogen and oxygen atoms in total. The second kappa shape index (κ2) is 6.91. The molecule has 0 radical (unpaired) electrons. The van der Waals surface area contributed by atoms with Gasteiger partial charge in [0, 0.05) is 6.54 Å². The molecule has 0 aromatic heterocycles. The van der Waals surface area contributed by atoms with Crippen LogP contribution in [0.25, 0.3) is 0 Å². The first-order valence-corrected chi connectivity index (χ1v) is 6.37. The minimum Gasteiger partial charge on any atom is -0.467 e. The van der Waals surface area contributed by atoms with E-state index in [1.54, 1.807) is 30.3 Å². The fourth-order valence-electron chi connectivity index (χ4n) is 2.03. The number of hydrogen-bond acceptors (Lipinski definition) is 4. The van der Waals surface area contributed by atoms with E-state index in [1.165, 1.54) is 14.2 Å². The number of carbonyl (C=O) groups excluding carboxylic acids is 1. The van der Waals surface area contributed by atoms with Crippen molar-refractivity contribution in [2.75, 3.05) is 27.2 Å². The average Bonchev–Trinajstić information content (AvgIpc) is 2.43. The molecule has 0 saturated carbocycles. The number of hydrogen-bond donors (Lipinski definition) is 1. The molecule has 0 fully saturated rings. The van der Waals surface area contributed by atoms with Gasteiger partial charge >= 0.3 is 12.1 Å². The molecule has 118 valence electrons. The molecular formula is C14H19F3N2O2. The largest absolute Gasteiger partial charge is 0.467 e. The molecule has 1 atom stereocenters. The number of methoxy groups -OCH3 is 1. The van der Waals surface area contributed by atoms with Gasteiger partial charge in [0.2, 0.25) is 0 Å². The van der Waals surface area contributed by atoms with E-state index >= 15 is 0 Å². The zero-order valence-electron chi connectivity index (χ0n) is 12.0. The highest BCUT2D eigenvalue weighted by atomic mass is 19.4. The lowest BCUT2D eigenvalue weighted by Gasteiger charge is -2.29. The van der Waals surface area contributed by atoms with Crippen LogP contribution in [-0.2, 0) is 15.1 Å². The number of rotatable bonds is 6. The summed E-state index contributed by atoms with van der Waals surface area (Å²) in [6.07, 6.45) is -4.26. The molecule has 21 heavy (non-hydrogen) atoms. The predicted octanol–water partition coefficient (Wildman–Crippen LogP) is 1.90. The summed E-state index contributed by atoms with van der Waals surface area (Å²) >= 11 is 0. The maximum Gasteiger partial charge on any atom is 0.401 e. The second-order valence-corrected chi connectivity index (χ2v) is 4.93. The Hall–Kier alpha value is -1.60. The summed E-state index contributed by atoms with van der Waals surface area (Å²) in [6, 6.07) is 8.48. The van der Waals surface area contributed by atoms with E-state index in [0.717, 1.165) is 4.90 Å². The van der Waals surface area contributed by atoms with Crippen LogP contribution in [0.5, 0.6) is 0 Å². The first-order chi connectivity index (χ1) is 9.69. The van der Waals surface area contributed by atoms with Gasteiger partial charge in [-0.05, 0) is 19.0 Å². The van der Waals surface area contributed by atoms with Crippen molar-refractivity contribution in [2.45, 2.75) is 18.1 Å². The summed E-state index contributed by atoms with van der Waals surface area (Å²) in [5.74, 6) is -0.672. The lowest BCUT2D eigenvalue weighted by Crippen LogP contribution is -2.48. The number of halogens is 3. The van der Waals surface area contributed by atoms with E-state index in [1.807, 2.05) is 0 Å². The van der Waals surface area contributed by atoms with Crippen LogP contribution in [0.3, 0.4) is 0 Å². The van der Waals surface area contributed by atoms with Crippen molar-refractivity contribution in [1.82, 2.24) is 4.90 Å². The molecule has 7 heteroatoms. The Bertz CT molecular complexity index is 465. The number of nitrogens with zero attached hydrogens (tertiary/aromatic N) is 1. The van der Waals surface area contributed by atoms with Gasteiger partial charge in [-0.1, -0.05) is 30.3 Å². The van der Waals surface area contributed by atoms with Crippen LogP contribution in [0.1, 0.15) is 12.0 Å². The van der Waals surface area contributed by atoms with Gasteiger partial charge < -0.3 is 10.5 Å². The summed E-state index contributed by atoms with van der Waals surface area (Å²) in [5.41, 5.74) is 5.15. The zero-order valence-corrected chi connectivity index (χ0v) is 12.0. The van der Waals surface area contributed by atoms with Gasteiger partial charge in [0.15, 0.2) is 0 Å². The summed E-state index contributed by atoms with van der Waals surface area (Å²) in [7, 11) is 2.53. The molecule has 1 aromatic rings. The predicted molar refractivity (Wildman–Crippen MR) is 72.5 cm³/mol. The lowest BCUT2D eigenvalue weighted by atomic mass is 9.87. The van der Waals surface area contributed by atoms with E-state index in [0.29, 0.717) is 5.56 Å². The molecule has 1 unspecified atom stereocenters. The maximum absolute atomic E-state index is 12.3. The van der Waals surface area contributed by atoms with Crippen LogP contribution in [0.15, 0.2) is 30.3 Å². The van der Waals surface area contributed by atoms with Crippen molar-refractivity contribution < 1.29 is 22.7 Å². The van der Waals surface area contributed by atoms with Gasteiger partial charge in [-0.25, -0.2) is 4.79 Å². The third kappa shape index (κ3) is 5.02. The maximum atomic E-state index is 12.3. The molecule has 0 heterocycles. The molecule has 1 aromatic carbocycles. The number of esters is 1. The van der Waals surface area contributed by atoms with Gasteiger partial charge in [-0.15, -0.1) is 0 Å². The van der Waals surface area contributed by atoms with E-state index in [2.05, 4.69) is 0 Å². The van der Waals surface area contributed by atoms with Crippen LogP contribution in [0, 0.1) is 0 Å². The van der Waals surface area contributed by atoms with E-state index < -0.39 is 24.2 Å². The van der Waals surface area contributed by atoms with Crippen molar-refractivity contribution >= 4 is 5.97 Å². The highest BCUT2D eigenvalue weighted by molar-refractivity contribution is 5.82. The second-order valence-electron chi connectivity index (χ2n) is 4.93. The number of ether oxygens (including phenoxy) is 1. The number of carbonyl (C=O) groups is 1. The van der Waals surface area contributed by atoms with Crippen LogP contribution < -0.4 is 5.73 Å². The molecule has 0 saturated heterocycles. The molecule has 0 spiro atoms. The Balaban J connectivity index is 2.83. The summed E-state index contributed by atoms with van der Waals surface area (Å²) in [6.45, 7) is -1.04. The van der Waals surface area contributed by atoms with Crippen molar-refractivity contribution in [2.24, 2.45) is 5.73 Å². The standard InChI is InChI=1S/C14H19F3N2O2/c1-19(10-14(15,16)17)9-8-13(18,12(20)21-2)11-6-4-3-5-7-11/h3-7H,8-10,18H2,1-2H3. The molecule has 0 aliphatic carbocycles. The lowest BCUT2D eigenvalue weighted by molar-refractivity contribution is -0.149. The minimum atomic E-state index is -4.29. The minimum absolute atomic E-state index is 0.0139. The first kappa shape index (κ1) is 17.5. The van der Waals surface area contributed by atoms with Gasteiger partial charge in [0.1, 0.15) is 5.54 Å². The summed E-state index contributed by atoms with van der Waals surface area (Å²) in [5, 5.41) is 0. The van der Waals surface area contributed by atoms with Gasteiger partial charge in [0.05, 0.1) is 13.7 Å². The molecule has 1 rings (SSSR count). The van der Waals surface area contributed by atoms with Gasteiger partial charge in [-0.3, -0.25) is 4.90 Å². The molecule has 0 aliphatic rings. The van der Waals surface area contributed by atoms with Crippen molar-refractivity contribution in [3.63, 3.8) is 0 Å². The third-order valence-electron chi connectivity index (χ3n) is 3.18. The SMILES string of the molecule is COC(=O)C(N)(CCN(C)CC(F)(F)F)c1ccccc1. The summed E-state index contributed by atoms with van der Waals surface area (Å²) in [4.78, 5) is 13.0. The van der Waals surface area contributed by atoms with E-state index in [-0.39, 0.29) is 13.0 Å². The molecule has 0 amide bonds. The van der Waals surface area contributed by atoms with Gasteiger partial charge in [0.25, 0.3) is 0 Å². The average molecular weight is 304 g/mol. The first-order valence-electron chi connectivity index (χ1n) is 6.37. The normalized spacial score (nSPS) is 14.8. The van der Waals surface area contributed by atoms with E-state index in [9.17, 15) is 18.0 Å². The van der Waals surface area contributed by atoms with Crippen LogP contribution in [0.4, 0.5) is 13.2 Å². The molecular weight excluding hydrogens is 285 g/mol. The monoisotopic (exact) mass is 304 g/mol. The zero-order chi connectivity index (χ0) is 16.1. The van der Waals surface area contributed by atoms with Crippen LogP contribution in [0.2, 0.25) is 0 Å². The Kier molecular flexibility index (Phi) is 5.74. The highest BCUT2D eigenvalue weighted by Gasteiger charge is 2.38. The topological polar surface area (TPSA) is 55.6 Å². The number of alkyl halides is 3. The number of nitrogens with two attached hydrogens (primary N) is 1. The van der Waals surface area contributed by atoms with Crippen molar-refractivity contribution in [1.29, 1.82) is 0 Å². The Morgan fingerprint density at radius 2 is 1.86 bits per heavy atom. The Morgan fingerprint density at radius 1 is 1.29 bits per heavy atom.